The highest BCUT2D eigenvalue weighted by Gasteiger charge is 2.32. The maximum atomic E-state index is 13.2. The minimum Gasteiger partial charge on any atom is -0.324 e. The normalized spacial score (nSPS) is 22.0. The number of nitrogens with zero attached hydrogens (tertiary/aromatic N) is 1. The smallest absolute Gasteiger partial charge is 0.282 e. The van der Waals surface area contributed by atoms with Gasteiger partial charge < -0.3 is 15.1 Å². The van der Waals surface area contributed by atoms with Gasteiger partial charge in [0.05, 0.1) is 17.9 Å². The number of nitrogens with one attached hydrogen (secondary N) is 2. The molecule has 4 rings (SSSR count). The lowest BCUT2D eigenvalue weighted by molar-refractivity contribution is -0.907. The van der Waals surface area contributed by atoms with E-state index in [-0.39, 0.29) is 17.9 Å². The molecule has 2 atom stereocenters. The zero-order valence-corrected chi connectivity index (χ0v) is 15.0. The van der Waals surface area contributed by atoms with Crippen molar-refractivity contribution in [1.82, 2.24) is 0 Å². The number of para-hydroxylation sites is 2. The summed E-state index contributed by atoms with van der Waals surface area (Å²) in [5.74, 6) is 0.0373. The second-order valence-corrected chi connectivity index (χ2v) is 7.25. The summed E-state index contributed by atoms with van der Waals surface area (Å²) in [6.07, 6.45) is 1.32. The zero-order chi connectivity index (χ0) is 18.1. The first-order chi connectivity index (χ1) is 12.6. The first kappa shape index (κ1) is 16.8. The molecular formula is C21H24N3O2+. The molecule has 5 nitrogen and oxygen atoms in total. The number of quaternary nitrogens is 1. The molecule has 0 aromatic heterocycles. The molecular weight excluding hydrogens is 326 g/mol. The Bertz CT molecular complexity index is 849. The summed E-state index contributed by atoms with van der Waals surface area (Å²) in [4.78, 5) is 28.4. The third-order valence-corrected chi connectivity index (χ3v) is 5.34. The minimum atomic E-state index is -0.150. The van der Waals surface area contributed by atoms with Gasteiger partial charge in [0.15, 0.2) is 6.54 Å². The van der Waals surface area contributed by atoms with Crippen molar-refractivity contribution in [2.45, 2.75) is 32.4 Å². The van der Waals surface area contributed by atoms with Gasteiger partial charge in [-0.25, -0.2) is 0 Å². The Morgan fingerprint density at radius 1 is 1.15 bits per heavy atom. The quantitative estimate of drug-likeness (QED) is 0.860. The fourth-order valence-electron chi connectivity index (χ4n) is 4.06. The van der Waals surface area contributed by atoms with Gasteiger partial charge in [0.1, 0.15) is 6.54 Å². The van der Waals surface area contributed by atoms with Crippen LogP contribution in [0.4, 0.5) is 11.4 Å². The van der Waals surface area contributed by atoms with Crippen LogP contribution in [0.5, 0.6) is 0 Å². The van der Waals surface area contributed by atoms with Gasteiger partial charge in [-0.1, -0.05) is 36.4 Å². The molecule has 2 heterocycles. The Morgan fingerprint density at radius 2 is 1.88 bits per heavy atom. The summed E-state index contributed by atoms with van der Waals surface area (Å²) in [5, 5.41) is 2.91. The molecule has 0 saturated carbocycles. The maximum Gasteiger partial charge on any atom is 0.282 e. The van der Waals surface area contributed by atoms with Crippen molar-refractivity contribution in [2.24, 2.45) is 0 Å². The van der Waals surface area contributed by atoms with Crippen LogP contribution in [-0.4, -0.2) is 30.9 Å². The summed E-state index contributed by atoms with van der Waals surface area (Å²) in [6.45, 7) is 4.23. The van der Waals surface area contributed by atoms with Gasteiger partial charge in [-0.05, 0) is 24.6 Å². The lowest BCUT2D eigenvalue weighted by Gasteiger charge is -2.31. The lowest BCUT2D eigenvalue weighted by Crippen LogP contribution is -3.13. The number of benzene rings is 2. The molecule has 0 aliphatic carbocycles. The van der Waals surface area contributed by atoms with Crippen LogP contribution in [0.2, 0.25) is 0 Å². The van der Waals surface area contributed by atoms with Crippen LogP contribution in [-0.2, 0) is 22.6 Å². The highest BCUT2D eigenvalue weighted by Crippen LogP contribution is 2.31. The van der Waals surface area contributed by atoms with E-state index in [9.17, 15) is 9.59 Å². The van der Waals surface area contributed by atoms with E-state index in [0.717, 1.165) is 25.2 Å². The summed E-state index contributed by atoms with van der Waals surface area (Å²) in [6, 6.07) is 15.9. The number of anilines is 2. The average Bonchev–Trinajstić information content (AvgIpc) is 2.75. The molecule has 2 aliphatic rings. The van der Waals surface area contributed by atoms with Gasteiger partial charge in [-0.2, -0.15) is 0 Å². The number of carbonyl (C=O) groups is 2. The highest BCUT2D eigenvalue weighted by molar-refractivity contribution is 6.04. The van der Waals surface area contributed by atoms with Crippen molar-refractivity contribution in [3.63, 3.8) is 0 Å². The molecule has 2 N–H and O–H groups in total. The zero-order valence-electron chi connectivity index (χ0n) is 15.0. The molecule has 5 heteroatoms. The van der Waals surface area contributed by atoms with E-state index in [1.165, 1.54) is 16.0 Å². The van der Waals surface area contributed by atoms with Gasteiger partial charge in [-0.15, -0.1) is 0 Å². The van der Waals surface area contributed by atoms with Crippen molar-refractivity contribution < 1.29 is 14.5 Å². The van der Waals surface area contributed by atoms with E-state index in [4.69, 9.17) is 0 Å². The van der Waals surface area contributed by atoms with Crippen LogP contribution < -0.4 is 15.1 Å². The molecule has 2 aliphatic heterocycles. The third-order valence-electron chi connectivity index (χ3n) is 5.34. The van der Waals surface area contributed by atoms with Crippen LogP contribution in [0.25, 0.3) is 0 Å². The summed E-state index contributed by atoms with van der Waals surface area (Å²) >= 11 is 0. The number of fused-ring (bicyclic) bond motifs is 2. The largest absolute Gasteiger partial charge is 0.324 e. The monoisotopic (exact) mass is 350 g/mol. The van der Waals surface area contributed by atoms with Gasteiger partial charge in [-0.3, -0.25) is 9.59 Å². The summed E-state index contributed by atoms with van der Waals surface area (Å²) in [5.41, 5.74) is 4.25. The number of amides is 2. The molecule has 0 saturated heterocycles. The van der Waals surface area contributed by atoms with Gasteiger partial charge in [0, 0.05) is 24.4 Å². The van der Waals surface area contributed by atoms with Gasteiger partial charge >= 0.3 is 0 Å². The minimum absolute atomic E-state index is 0.0421. The summed E-state index contributed by atoms with van der Waals surface area (Å²) in [7, 11) is 0. The number of rotatable bonds is 2. The van der Waals surface area contributed by atoms with Crippen molar-refractivity contribution >= 4 is 23.2 Å². The third kappa shape index (κ3) is 3.22. The Kier molecular flexibility index (Phi) is 4.47. The Balaban J connectivity index is 1.55. The fourth-order valence-corrected chi connectivity index (χ4v) is 4.06. The number of carbonyl (C=O) groups excluding carboxylic acids is 2. The van der Waals surface area contributed by atoms with Crippen LogP contribution >= 0.6 is 0 Å². The topological polar surface area (TPSA) is 53.9 Å². The average molecular weight is 350 g/mol. The van der Waals surface area contributed by atoms with E-state index < -0.39 is 0 Å². The summed E-state index contributed by atoms with van der Waals surface area (Å²) < 4.78 is 0. The van der Waals surface area contributed by atoms with E-state index in [1.54, 1.807) is 4.90 Å². The van der Waals surface area contributed by atoms with E-state index in [0.29, 0.717) is 18.7 Å². The molecule has 134 valence electrons. The molecule has 0 radical (unpaired) electrons. The van der Waals surface area contributed by atoms with Crippen LogP contribution in [0.1, 0.15) is 24.5 Å². The first-order valence-electron chi connectivity index (χ1n) is 9.23. The van der Waals surface area contributed by atoms with Crippen molar-refractivity contribution in [2.75, 3.05) is 23.3 Å². The Morgan fingerprint density at radius 3 is 2.73 bits per heavy atom. The molecule has 0 bridgehead atoms. The molecule has 2 amide bonds. The van der Waals surface area contributed by atoms with Crippen LogP contribution in [0.3, 0.4) is 0 Å². The molecule has 0 fully saturated rings. The van der Waals surface area contributed by atoms with Crippen molar-refractivity contribution in [1.29, 1.82) is 0 Å². The fraction of sp³-hybridized carbons (Fsp3) is 0.333. The van der Waals surface area contributed by atoms with Crippen LogP contribution in [0, 0.1) is 0 Å². The van der Waals surface area contributed by atoms with E-state index >= 15 is 0 Å². The molecule has 1 unspecified atom stereocenters. The number of hydrogen-bond acceptors (Lipinski definition) is 2. The molecule has 0 spiro atoms. The molecule has 2 aromatic rings. The predicted molar refractivity (Wildman–Crippen MR) is 101 cm³/mol. The Labute approximate surface area is 153 Å². The van der Waals surface area contributed by atoms with Crippen molar-refractivity contribution in [3.8, 4) is 0 Å². The predicted octanol–water partition coefficient (Wildman–Crippen LogP) is 1.39. The van der Waals surface area contributed by atoms with Crippen LogP contribution in [0.15, 0.2) is 48.5 Å². The lowest BCUT2D eigenvalue weighted by atomic mass is 10.00. The van der Waals surface area contributed by atoms with Crippen molar-refractivity contribution in [3.05, 3.63) is 59.7 Å². The number of hydrogen-bond donors (Lipinski definition) is 2. The first-order valence-corrected chi connectivity index (χ1v) is 9.23. The van der Waals surface area contributed by atoms with Gasteiger partial charge in [0.2, 0.25) is 5.91 Å². The van der Waals surface area contributed by atoms with E-state index in [2.05, 4.69) is 29.6 Å². The highest BCUT2D eigenvalue weighted by atomic mass is 16.2. The maximum absolute atomic E-state index is 13.2. The van der Waals surface area contributed by atoms with E-state index in [1.807, 2.05) is 31.2 Å². The standard InChI is InChI=1S/C21H23N3O2/c1-15-12-20(25)22-18-8-4-5-9-19(18)24(15)21(26)14-23-11-10-16-6-2-3-7-17(16)13-23/h2-9,15H,10-14H2,1H3,(H,22,25)/p+1/t15-/m1/s1. The second kappa shape index (κ2) is 6.92. The molecule has 2 aromatic carbocycles. The van der Waals surface area contributed by atoms with Gasteiger partial charge in [0.25, 0.3) is 5.91 Å². The molecule has 26 heavy (non-hydrogen) atoms. The SMILES string of the molecule is C[C@@H]1CC(=O)Nc2ccccc2N1C(=O)C[NH+]1CCc2ccccc2C1. The second-order valence-electron chi connectivity index (χ2n) is 7.25. The Hall–Kier alpha value is -2.66.